The average molecular weight is 416 g/mol. The van der Waals surface area contributed by atoms with E-state index in [1.807, 2.05) is 36.4 Å². The molecule has 0 amide bonds. The summed E-state index contributed by atoms with van der Waals surface area (Å²) in [6.45, 7) is 0.410. The highest BCUT2D eigenvalue weighted by atomic mass is 16.5. The average Bonchev–Trinajstić information content (AvgIpc) is 2.80. The number of rotatable bonds is 6. The number of hydrogen-bond donors (Lipinski definition) is 1. The summed E-state index contributed by atoms with van der Waals surface area (Å²) in [5.74, 6) is -0.508. The van der Waals surface area contributed by atoms with Gasteiger partial charge in [0.2, 0.25) is 5.78 Å². The van der Waals surface area contributed by atoms with Crippen LogP contribution in [0.15, 0.2) is 69.8 Å². The van der Waals surface area contributed by atoms with Crippen molar-refractivity contribution in [1.29, 1.82) is 5.26 Å². The van der Waals surface area contributed by atoms with Crippen LogP contribution in [0.4, 0.5) is 5.82 Å². The molecule has 8 heteroatoms. The maximum atomic E-state index is 12.8. The first-order valence-electron chi connectivity index (χ1n) is 9.32. The topological polar surface area (TPSA) is 120 Å². The van der Waals surface area contributed by atoms with E-state index < -0.39 is 22.6 Å². The fraction of sp³-hybridized carbons (Fsp3) is 0.130. The lowest BCUT2D eigenvalue weighted by molar-refractivity contribution is 0.103. The van der Waals surface area contributed by atoms with Gasteiger partial charge in [0.25, 0.3) is 5.56 Å². The number of aromatic nitrogens is 2. The number of allylic oxidation sites excluding steroid dienone is 1. The number of nitrogen functional groups attached to an aromatic ring is 1. The van der Waals surface area contributed by atoms with Gasteiger partial charge in [-0.25, -0.2) is 4.79 Å². The number of ether oxygens (including phenoxy) is 1. The Morgan fingerprint density at radius 2 is 1.71 bits per heavy atom. The summed E-state index contributed by atoms with van der Waals surface area (Å²) in [6, 6.07) is 18.3. The van der Waals surface area contributed by atoms with Gasteiger partial charge in [-0.2, -0.15) is 5.26 Å². The first-order valence-corrected chi connectivity index (χ1v) is 9.32. The van der Waals surface area contributed by atoms with Gasteiger partial charge in [0.1, 0.15) is 35.4 Å². The third-order valence-electron chi connectivity index (χ3n) is 4.74. The van der Waals surface area contributed by atoms with Gasteiger partial charge in [-0.05, 0) is 29.3 Å². The number of Topliss-reactive ketones (excluding diaryl/α,β-unsaturated/α-hetero) is 1. The van der Waals surface area contributed by atoms with Crippen molar-refractivity contribution < 1.29 is 9.53 Å². The van der Waals surface area contributed by atoms with Gasteiger partial charge in [-0.15, -0.1) is 0 Å². The van der Waals surface area contributed by atoms with Crippen molar-refractivity contribution in [2.24, 2.45) is 14.1 Å². The third-order valence-corrected chi connectivity index (χ3v) is 4.74. The minimum Gasteiger partial charge on any atom is -0.489 e. The number of carbonyl (C=O) groups is 1. The van der Waals surface area contributed by atoms with Gasteiger partial charge in [0, 0.05) is 14.1 Å². The molecule has 0 fully saturated rings. The number of nitriles is 1. The van der Waals surface area contributed by atoms with Crippen LogP contribution in [0, 0.1) is 11.3 Å². The molecule has 0 unspecified atom stereocenters. The van der Waals surface area contributed by atoms with Crippen molar-refractivity contribution in [3.8, 4) is 11.8 Å². The van der Waals surface area contributed by atoms with Crippen molar-refractivity contribution >= 4 is 17.7 Å². The molecule has 0 saturated carbocycles. The minimum absolute atomic E-state index is 0.277. The molecule has 0 bridgehead atoms. The zero-order chi connectivity index (χ0) is 22.5. The van der Waals surface area contributed by atoms with Crippen LogP contribution < -0.4 is 21.7 Å². The summed E-state index contributed by atoms with van der Waals surface area (Å²) in [4.78, 5) is 37.2. The molecule has 0 saturated heterocycles. The lowest BCUT2D eigenvalue weighted by atomic mass is 10.0. The number of carbonyl (C=O) groups excluding carboxylic acids is 1. The van der Waals surface area contributed by atoms with E-state index in [1.54, 1.807) is 24.3 Å². The van der Waals surface area contributed by atoms with Crippen LogP contribution in [0.5, 0.6) is 5.75 Å². The SMILES string of the molecule is Cn1c(N)c(C(=O)/C(C#N)=C/c2ccc(OCc3ccccc3)cc2)c(=O)n(C)c1=O. The van der Waals surface area contributed by atoms with Crippen molar-refractivity contribution in [2.75, 3.05) is 5.73 Å². The fourth-order valence-electron chi connectivity index (χ4n) is 2.92. The van der Waals surface area contributed by atoms with E-state index in [1.165, 1.54) is 20.2 Å². The number of anilines is 1. The largest absolute Gasteiger partial charge is 0.489 e. The first kappa shape index (κ1) is 21.3. The molecule has 0 aliphatic rings. The second-order valence-corrected chi connectivity index (χ2v) is 6.81. The number of nitrogens with zero attached hydrogens (tertiary/aromatic N) is 3. The lowest BCUT2D eigenvalue weighted by Gasteiger charge is -2.10. The molecule has 3 aromatic rings. The van der Waals surface area contributed by atoms with Gasteiger partial charge in [0.05, 0.1) is 0 Å². The highest BCUT2D eigenvalue weighted by molar-refractivity contribution is 6.16. The molecule has 8 nitrogen and oxygen atoms in total. The Labute approximate surface area is 178 Å². The smallest absolute Gasteiger partial charge is 0.332 e. The van der Waals surface area contributed by atoms with Crippen molar-refractivity contribution in [3.63, 3.8) is 0 Å². The van der Waals surface area contributed by atoms with Gasteiger partial charge in [0.15, 0.2) is 0 Å². The maximum absolute atomic E-state index is 12.8. The van der Waals surface area contributed by atoms with E-state index in [4.69, 9.17) is 10.5 Å². The zero-order valence-corrected chi connectivity index (χ0v) is 17.0. The van der Waals surface area contributed by atoms with Crippen molar-refractivity contribution in [2.45, 2.75) is 6.61 Å². The molecule has 1 heterocycles. The van der Waals surface area contributed by atoms with Gasteiger partial charge < -0.3 is 10.5 Å². The Balaban J connectivity index is 1.85. The summed E-state index contributed by atoms with van der Waals surface area (Å²) in [5, 5.41) is 9.48. The molecule has 0 aliphatic carbocycles. The summed E-state index contributed by atoms with van der Waals surface area (Å²) in [7, 11) is 2.59. The number of nitrogens with two attached hydrogens (primary N) is 1. The van der Waals surface area contributed by atoms with Crippen molar-refractivity contribution in [3.05, 3.63) is 97.7 Å². The number of benzene rings is 2. The summed E-state index contributed by atoms with van der Waals surface area (Å²) in [5.41, 5.74) is 5.21. The van der Waals surface area contributed by atoms with E-state index in [0.717, 1.165) is 14.7 Å². The Morgan fingerprint density at radius 1 is 1.06 bits per heavy atom. The second kappa shape index (κ2) is 8.97. The van der Waals surface area contributed by atoms with Crippen LogP contribution in [0.25, 0.3) is 6.08 Å². The Morgan fingerprint density at radius 3 is 2.32 bits per heavy atom. The number of ketones is 1. The molecule has 31 heavy (non-hydrogen) atoms. The van der Waals surface area contributed by atoms with Gasteiger partial charge in [-0.3, -0.25) is 18.7 Å². The van der Waals surface area contributed by atoms with E-state index in [2.05, 4.69) is 0 Å². The fourth-order valence-corrected chi connectivity index (χ4v) is 2.92. The number of hydrogen-bond acceptors (Lipinski definition) is 6. The monoisotopic (exact) mass is 416 g/mol. The molecule has 2 aromatic carbocycles. The predicted octanol–water partition coefficient (Wildman–Crippen LogP) is 2.04. The Bertz CT molecular complexity index is 1310. The molecular formula is C23H20N4O4. The van der Waals surface area contributed by atoms with Crippen LogP contribution in [0.3, 0.4) is 0 Å². The van der Waals surface area contributed by atoms with Crippen LogP contribution in [-0.4, -0.2) is 14.9 Å². The second-order valence-electron chi connectivity index (χ2n) is 6.81. The Hall–Kier alpha value is -4.38. The molecule has 0 spiro atoms. The van der Waals surface area contributed by atoms with Crippen LogP contribution in [0.2, 0.25) is 0 Å². The zero-order valence-electron chi connectivity index (χ0n) is 17.0. The molecule has 1 aromatic heterocycles. The molecule has 3 rings (SSSR count). The minimum atomic E-state index is -0.851. The molecular weight excluding hydrogens is 396 g/mol. The molecule has 2 N–H and O–H groups in total. The Kier molecular flexibility index (Phi) is 6.17. The van der Waals surface area contributed by atoms with E-state index in [-0.39, 0.29) is 11.4 Å². The van der Waals surface area contributed by atoms with Gasteiger partial charge in [-0.1, -0.05) is 42.5 Å². The highest BCUT2D eigenvalue weighted by Crippen LogP contribution is 2.18. The van der Waals surface area contributed by atoms with Crippen LogP contribution in [0.1, 0.15) is 21.5 Å². The van der Waals surface area contributed by atoms with Crippen molar-refractivity contribution in [1.82, 2.24) is 9.13 Å². The van der Waals surface area contributed by atoms with Crippen LogP contribution in [-0.2, 0) is 20.7 Å². The predicted molar refractivity (Wildman–Crippen MR) is 116 cm³/mol. The van der Waals surface area contributed by atoms with E-state index in [9.17, 15) is 19.6 Å². The summed E-state index contributed by atoms with van der Waals surface area (Å²) < 4.78 is 7.48. The standard InChI is InChI=1S/C23H20N4O4/c1-26-21(25)19(22(29)27(2)23(26)30)20(28)17(13-24)12-15-8-10-18(11-9-15)31-14-16-6-4-3-5-7-16/h3-12H,14,25H2,1-2H3/b17-12+. The lowest BCUT2D eigenvalue weighted by Crippen LogP contribution is -2.41. The summed E-state index contributed by atoms with van der Waals surface area (Å²) in [6.07, 6.45) is 1.35. The third kappa shape index (κ3) is 4.46. The summed E-state index contributed by atoms with van der Waals surface area (Å²) >= 11 is 0. The normalized spacial score (nSPS) is 11.1. The molecule has 0 aliphatic heterocycles. The van der Waals surface area contributed by atoms with Gasteiger partial charge >= 0.3 is 5.69 Å². The maximum Gasteiger partial charge on any atom is 0.332 e. The highest BCUT2D eigenvalue weighted by Gasteiger charge is 2.23. The molecule has 0 radical (unpaired) electrons. The van der Waals surface area contributed by atoms with E-state index >= 15 is 0 Å². The quantitative estimate of drug-likeness (QED) is 0.373. The molecule has 0 atom stereocenters. The molecule has 156 valence electrons. The first-order chi connectivity index (χ1) is 14.8. The van der Waals surface area contributed by atoms with Crippen LogP contribution >= 0.6 is 0 Å². The van der Waals surface area contributed by atoms with E-state index in [0.29, 0.717) is 17.9 Å².